The molecule has 2 aliphatic rings. The van der Waals surface area contributed by atoms with Gasteiger partial charge < -0.3 is 25.3 Å². The van der Waals surface area contributed by atoms with E-state index in [4.69, 9.17) is 4.74 Å². The number of carbonyl (C=O) groups is 1. The summed E-state index contributed by atoms with van der Waals surface area (Å²) in [6.07, 6.45) is 6.10. The number of para-hydroxylation sites is 2. The summed E-state index contributed by atoms with van der Waals surface area (Å²) in [5.41, 5.74) is 5.87. The second-order valence-corrected chi connectivity index (χ2v) is 13.1. The third kappa shape index (κ3) is 7.21. The number of carbonyl (C=O) groups excluding carboxylic acids is 1. The van der Waals surface area contributed by atoms with Crippen LogP contribution in [0, 0.1) is 0 Å². The predicted octanol–water partition coefficient (Wildman–Crippen LogP) is 7.67. The number of fused-ring (bicyclic) bond motifs is 2. The topological polar surface area (TPSA) is 72.6 Å². The first-order valence-electron chi connectivity index (χ1n) is 16.9. The molecule has 3 heterocycles. The molecule has 1 aromatic heterocycles. The van der Waals surface area contributed by atoms with Crippen LogP contribution in [0.25, 0.3) is 22.0 Å². The smallest absolute Gasteiger partial charge is 0.185 e. The Morgan fingerprint density at radius 1 is 0.889 bits per heavy atom. The largest absolute Gasteiger partial charge is 0.493 e. The first-order chi connectivity index (χ1) is 21.9. The van der Waals surface area contributed by atoms with E-state index in [-0.39, 0.29) is 17.9 Å². The summed E-state index contributed by atoms with van der Waals surface area (Å²) in [5, 5.41) is 8.21. The molecule has 1 fully saturated rings. The molecule has 0 aliphatic carbocycles. The van der Waals surface area contributed by atoms with Crippen LogP contribution in [0.15, 0.2) is 72.9 Å². The van der Waals surface area contributed by atoms with Crippen LogP contribution in [0.2, 0.25) is 0 Å². The lowest BCUT2D eigenvalue weighted by atomic mass is 9.95. The average Bonchev–Trinajstić information content (AvgIpc) is 3.43. The normalized spacial score (nSPS) is 22.3. The van der Waals surface area contributed by atoms with E-state index in [0.29, 0.717) is 30.7 Å². The van der Waals surface area contributed by atoms with Gasteiger partial charge in [0.25, 0.3) is 0 Å². The molecule has 1 unspecified atom stereocenters. The van der Waals surface area contributed by atoms with Gasteiger partial charge in [0, 0.05) is 60.6 Å². The number of benzene rings is 3. The first-order valence-corrected chi connectivity index (χ1v) is 16.9. The second-order valence-electron chi connectivity index (χ2n) is 13.1. The molecule has 3 N–H and O–H groups in total. The van der Waals surface area contributed by atoms with Gasteiger partial charge in [0.15, 0.2) is 5.78 Å². The minimum Gasteiger partial charge on any atom is -0.493 e. The molecule has 7 nitrogen and oxygen atoms in total. The quantitative estimate of drug-likeness (QED) is 0.120. The lowest BCUT2D eigenvalue weighted by Crippen LogP contribution is -2.56. The van der Waals surface area contributed by atoms with E-state index in [1.165, 1.54) is 19.4 Å². The zero-order chi connectivity index (χ0) is 31.3. The van der Waals surface area contributed by atoms with Crippen molar-refractivity contribution in [2.24, 2.45) is 0 Å². The molecule has 45 heavy (non-hydrogen) atoms. The Hall–Kier alpha value is -3.81. The molecular weight excluding hydrogens is 558 g/mol. The van der Waals surface area contributed by atoms with Crippen molar-refractivity contribution in [3.8, 4) is 16.9 Å². The van der Waals surface area contributed by atoms with Gasteiger partial charge in [-0.25, -0.2) is 0 Å². The Bertz CT molecular complexity index is 1590. The summed E-state index contributed by atoms with van der Waals surface area (Å²) in [6.45, 7) is 14.1. The van der Waals surface area contributed by atoms with Gasteiger partial charge in [0.1, 0.15) is 5.75 Å². The molecule has 3 aromatic carbocycles. The molecule has 0 bridgehead atoms. The Kier molecular flexibility index (Phi) is 9.76. The number of ether oxygens (including phenoxy) is 1. The number of nitrogens with one attached hydrogen (secondary N) is 3. The standard InChI is InChI=1S/C38H49N5O2/c1-5-6-19-43-27(3)24-42(25-28(43)4)18-9-20-45-37-23-31(12-14-32(37)29-13-15-33-30(22-29)16-17-39-33)38(44)36-21-26(2)40-34-10-7-8-11-35(34)41-36/h7-8,10-17,22-23,26-28,36,39-41H,5-6,9,18-21,24-25H2,1-4H3/t26-,27-,28+,36?/m0/s1. The highest BCUT2D eigenvalue weighted by Gasteiger charge is 2.29. The van der Waals surface area contributed by atoms with Gasteiger partial charge in [0.2, 0.25) is 0 Å². The lowest BCUT2D eigenvalue weighted by Gasteiger charge is -2.44. The highest BCUT2D eigenvalue weighted by Crippen LogP contribution is 2.35. The maximum atomic E-state index is 14.0. The van der Waals surface area contributed by atoms with E-state index in [1.807, 2.05) is 36.5 Å². The molecule has 0 saturated carbocycles. The van der Waals surface area contributed by atoms with Gasteiger partial charge in [0.05, 0.1) is 24.0 Å². The van der Waals surface area contributed by atoms with Gasteiger partial charge in [-0.2, -0.15) is 0 Å². The van der Waals surface area contributed by atoms with Gasteiger partial charge in [-0.3, -0.25) is 9.69 Å². The third-order valence-electron chi connectivity index (χ3n) is 9.52. The van der Waals surface area contributed by atoms with Crippen molar-refractivity contribution in [1.82, 2.24) is 14.8 Å². The molecule has 6 rings (SSSR count). The van der Waals surface area contributed by atoms with E-state index in [2.05, 4.69) is 89.5 Å². The summed E-state index contributed by atoms with van der Waals surface area (Å²) in [4.78, 5) is 22.5. The number of aromatic nitrogens is 1. The van der Waals surface area contributed by atoms with Gasteiger partial charge in [-0.15, -0.1) is 0 Å². The van der Waals surface area contributed by atoms with Crippen LogP contribution in [0.4, 0.5) is 11.4 Å². The highest BCUT2D eigenvalue weighted by atomic mass is 16.5. The molecule has 1 saturated heterocycles. The number of ketones is 1. The number of hydrogen-bond acceptors (Lipinski definition) is 6. The summed E-state index contributed by atoms with van der Waals surface area (Å²) in [7, 11) is 0. The van der Waals surface area contributed by atoms with Crippen LogP contribution in [-0.2, 0) is 0 Å². The molecular formula is C38H49N5O2. The van der Waals surface area contributed by atoms with Gasteiger partial charge >= 0.3 is 0 Å². The first kappa shape index (κ1) is 31.2. The zero-order valence-corrected chi connectivity index (χ0v) is 27.3. The number of nitrogens with zero attached hydrogens (tertiary/aromatic N) is 2. The van der Waals surface area contributed by atoms with E-state index < -0.39 is 0 Å². The van der Waals surface area contributed by atoms with Crippen molar-refractivity contribution >= 4 is 28.1 Å². The highest BCUT2D eigenvalue weighted by molar-refractivity contribution is 6.03. The van der Waals surface area contributed by atoms with Crippen LogP contribution >= 0.6 is 0 Å². The van der Waals surface area contributed by atoms with E-state index in [0.717, 1.165) is 65.2 Å². The van der Waals surface area contributed by atoms with E-state index in [9.17, 15) is 4.79 Å². The fraction of sp³-hybridized carbons (Fsp3) is 0.447. The fourth-order valence-corrected chi connectivity index (χ4v) is 7.19. The Balaban J connectivity index is 1.18. The zero-order valence-electron chi connectivity index (χ0n) is 27.3. The van der Waals surface area contributed by atoms with Crippen molar-refractivity contribution in [3.05, 3.63) is 78.5 Å². The molecule has 4 atom stereocenters. The molecule has 238 valence electrons. The number of rotatable bonds is 11. The van der Waals surface area contributed by atoms with Crippen molar-refractivity contribution in [1.29, 1.82) is 0 Å². The Labute approximate surface area is 268 Å². The average molecular weight is 608 g/mol. The molecule has 0 spiro atoms. The van der Waals surface area contributed by atoms with Crippen molar-refractivity contribution in [2.45, 2.75) is 77.5 Å². The van der Waals surface area contributed by atoms with E-state index in [1.54, 1.807) is 0 Å². The minimum atomic E-state index is -0.328. The summed E-state index contributed by atoms with van der Waals surface area (Å²) < 4.78 is 6.55. The van der Waals surface area contributed by atoms with Crippen LogP contribution in [0.5, 0.6) is 5.75 Å². The molecule has 4 aromatic rings. The van der Waals surface area contributed by atoms with E-state index >= 15 is 0 Å². The fourth-order valence-electron chi connectivity index (χ4n) is 7.19. The van der Waals surface area contributed by atoms with Crippen molar-refractivity contribution in [3.63, 3.8) is 0 Å². The Morgan fingerprint density at radius 3 is 2.44 bits per heavy atom. The van der Waals surface area contributed by atoms with Crippen LogP contribution in [-0.4, -0.2) is 77.5 Å². The van der Waals surface area contributed by atoms with Crippen molar-refractivity contribution in [2.75, 3.05) is 43.4 Å². The summed E-state index contributed by atoms with van der Waals surface area (Å²) in [6, 6.07) is 23.6. The van der Waals surface area contributed by atoms with Gasteiger partial charge in [-0.1, -0.05) is 37.6 Å². The number of unbranched alkanes of at least 4 members (excludes halogenated alkanes) is 1. The van der Waals surface area contributed by atoms with Crippen LogP contribution in [0.3, 0.4) is 0 Å². The third-order valence-corrected chi connectivity index (χ3v) is 9.52. The maximum Gasteiger partial charge on any atom is 0.185 e. The number of Topliss-reactive ketones (excluding diaryl/α,β-unsaturated/α-hetero) is 1. The van der Waals surface area contributed by atoms with Gasteiger partial charge in [-0.05, 0) is 100.0 Å². The summed E-state index contributed by atoms with van der Waals surface area (Å²) >= 11 is 0. The molecule has 2 aliphatic heterocycles. The number of aromatic amines is 1. The monoisotopic (exact) mass is 607 g/mol. The van der Waals surface area contributed by atoms with Crippen LogP contribution < -0.4 is 15.4 Å². The maximum absolute atomic E-state index is 14.0. The summed E-state index contributed by atoms with van der Waals surface area (Å²) in [5.74, 6) is 0.851. The number of piperazine rings is 1. The molecule has 7 heteroatoms. The Morgan fingerprint density at radius 2 is 1.67 bits per heavy atom. The minimum absolute atomic E-state index is 0.0850. The molecule has 0 radical (unpaired) electrons. The predicted molar refractivity (Wildman–Crippen MR) is 187 cm³/mol. The van der Waals surface area contributed by atoms with Crippen molar-refractivity contribution < 1.29 is 9.53 Å². The van der Waals surface area contributed by atoms with Crippen LogP contribution in [0.1, 0.15) is 63.7 Å². The molecule has 0 amide bonds. The second kappa shape index (κ2) is 14.1. The number of hydrogen-bond donors (Lipinski definition) is 3. The lowest BCUT2D eigenvalue weighted by molar-refractivity contribution is 0.0358. The number of H-pyrrole nitrogens is 1. The SMILES string of the molecule is CCCCN1[C@H](C)CN(CCCOc2cc(C(=O)C3C[C@H](C)Nc4ccccc4N3)ccc2-c2ccc3[nH]ccc3c2)C[C@@H]1C. The number of anilines is 2.